The molecule has 2 N–H and O–H groups in total. The minimum absolute atomic E-state index is 0.00147. The molecule has 1 atom stereocenters. The lowest BCUT2D eigenvalue weighted by Gasteiger charge is -2.26. The van der Waals surface area contributed by atoms with Gasteiger partial charge in [0.1, 0.15) is 17.3 Å². The molecule has 7 heteroatoms. The number of anilines is 1. The Morgan fingerprint density at radius 1 is 1.00 bits per heavy atom. The van der Waals surface area contributed by atoms with E-state index in [9.17, 15) is 19.1 Å². The third-order valence-corrected chi connectivity index (χ3v) is 6.56. The number of rotatable bonds is 4. The Bertz CT molecular complexity index is 1560. The van der Waals surface area contributed by atoms with Gasteiger partial charge in [-0.3, -0.25) is 14.5 Å². The smallest absolute Gasteiger partial charge is 0.300 e. The first kappa shape index (κ1) is 23.4. The number of aromatic nitrogens is 1. The number of H-pyrrole nitrogens is 1. The lowest BCUT2D eigenvalue weighted by atomic mass is 9.92. The Labute approximate surface area is 207 Å². The second-order valence-electron chi connectivity index (χ2n) is 9.07. The first-order valence-electron chi connectivity index (χ1n) is 11.5. The number of nitrogens with zero attached hydrogens (tertiary/aromatic N) is 1. The number of nitrogens with one attached hydrogen (secondary N) is 1. The number of aliphatic hydroxyl groups is 1. The number of fused-ring (bicyclic) bond motifs is 1. The summed E-state index contributed by atoms with van der Waals surface area (Å²) >= 11 is 0. The predicted molar refractivity (Wildman–Crippen MR) is 137 cm³/mol. The number of methoxy groups -OCH3 is 1. The summed E-state index contributed by atoms with van der Waals surface area (Å²) in [5.74, 6) is -2.55. The molecule has 0 spiro atoms. The fourth-order valence-electron chi connectivity index (χ4n) is 5.12. The van der Waals surface area contributed by atoms with E-state index in [4.69, 9.17) is 4.74 Å². The number of aryl methyl sites for hydroxylation is 3. The summed E-state index contributed by atoms with van der Waals surface area (Å²) in [6.45, 7) is 5.69. The average Bonchev–Trinajstić information content (AvgIpc) is 3.30. The van der Waals surface area contributed by atoms with E-state index in [2.05, 4.69) is 4.98 Å². The van der Waals surface area contributed by atoms with Crippen molar-refractivity contribution >= 4 is 34.0 Å². The molecule has 1 aliphatic heterocycles. The molecule has 1 aliphatic rings. The van der Waals surface area contributed by atoms with Crippen LogP contribution in [-0.2, 0) is 9.59 Å². The van der Waals surface area contributed by atoms with Crippen molar-refractivity contribution in [1.29, 1.82) is 0 Å². The highest BCUT2D eigenvalue weighted by atomic mass is 19.1. The molecule has 0 saturated carbocycles. The Morgan fingerprint density at radius 3 is 2.39 bits per heavy atom. The van der Waals surface area contributed by atoms with Crippen molar-refractivity contribution in [1.82, 2.24) is 4.98 Å². The third kappa shape index (κ3) is 3.64. The zero-order valence-corrected chi connectivity index (χ0v) is 20.3. The lowest BCUT2D eigenvalue weighted by molar-refractivity contribution is -0.132. The first-order chi connectivity index (χ1) is 17.2. The summed E-state index contributed by atoms with van der Waals surface area (Å²) < 4.78 is 19.6. The van der Waals surface area contributed by atoms with Gasteiger partial charge in [-0.1, -0.05) is 24.3 Å². The summed E-state index contributed by atoms with van der Waals surface area (Å²) in [5.41, 5.74) is 4.51. The lowest BCUT2D eigenvalue weighted by Crippen LogP contribution is -2.29. The number of aliphatic hydroxyl groups excluding tert-OH is 1. The van der Waals surface area contributed by atoms with E-state index in [1.54, 1.807) is 0 Å². The Balaban J connectivity index is 1.86. The molecular weight excluding hydrogens is 459 g/mol. The third-order valence-electron chi connectivity index (χ3n) is 6.56. The molecular formula is C29H25FN2O4. The minimum Gasteiger partial charge on any atom is -0.507 e. The van der Waals surface area contributed by atoms with Gasteiger partial charge in [0.25, 0.3) is 11.7 Å². The van der Waals surface area contributed by atoms with E-state index >= 15 is 0 Å². The fourth-order valence-corrected chi connectivity index (χ4v) is 5.12. The Hall–Kier alpha value is -4.39. The van der Waals surface area contributed by atoms with Crippen molar-refractivity contribution in [3.8, 4) is 5.75 Å². The van der Waals surface area contributed by atoms with Crippen LogP contribution in [0.5, 0.6) is 5.75 Å². The molecule has 1 fully saturated rings. The van der Waals surface area contributed by atoms with Crippen LogP contribution in [0.4, 0.5) is 10.1 Å². The molecule has 182 valence electrons. The molecule has 4 aromatic rings. The average molecular weight is 485 g/mol. The van der Waals surface area contributed by atoms with Crippen molar-refractivity contribution in [3.63, 3.8) is 0 Å². The molecule has 1 aromatic heterocycles. The van der Waals surface area contributed by atoms with Gasteiger partial charge in [0, 0.05) is 27.8 Å². The maximum absolute atomic E-state index is 14.2. The molecule has 36 heavy (non-hydrogen) atoms. The Kier molecular flexibility index (Phi) is 5.63. The number of benzene rings is 3. The number of halogens is 1. The Morgan fingerprint density at radius 2 is 1.69 bits per heavy atom. The molecule has 1 amide bonds. The van der Waals surface area contributed by atoms with E-state index in [0.29, 0.717) is 11.3 Å². The highest BCUT2D eigenvalue weighted by Gasteiger charge is 2.48. The number of carbonyl (C=O) groups is 2. The van der Waals surface area contributed by atoms with Gasteiger partial charge in [-0.05, 0) is 68.3 Å². The van der Waals surface area contributed by atoms with Crippen molar-refractivity contribution in [2.45, 2.75) is 26.8 Å². The van der Waals surface area contributed by atoms with Gasteiger partial charge in [-0.25, -0.2) is 4.39 Å². The van der Waals surface area contributed by atoms with E-state index in [1.165, 1.54) is 24.1 Å². The molecule has 2 heterocycles. The van der Waals surface area contributed by atoms with Gasteiger partial charge in [0.15, 0.2) is 0 Å². The van der Waals surface area contributed by atoms with Gasteiger partial charge in [0.2, 0.25) is 0 Å². The van der Waals surface area contributed by atoms with Crippen LogP contribution in [-0.4, -0.2) is 28.9 Å². The van der Waals surface area contributed by atoms with E-state index in [-0.39, 0.29) is 16.9 Å². The van der Waals surface area contributed by atoms with Crippen LogP contribution in [0.1, 0.15) is 34.0 Å². The van der Waals surface area contributed by atoms with Crippen molar-refractivity contribution in [2.75, 3.05) is 12.0 Å². The number of Topliss-reactive ketones (excluding diaryl/α,β-unsaturated/α-hetero) is 1. The minimum atomic E-state index is -0.949. The largest absolute Gasteiger partial charge is 0.507 e. The zero-order valence-electron chi connectivity index (χ0n) is 20.3. The van der Waals surface area contributed by atoms with Gasteiger partial charge < -0.3 is 14.8 Å². The SMILES string of the molecule is COc1ccc(F)cc1/C(O)=C1\C(=O)C(=O)N(c2cc(C)cc(C)c2)C1c1c(C)[nH]c2ccccc12. The standard InChI is InChI=1S/C29H25FN2O4/c1-15-11-16(2)13-19(12-15)32-26(24-17(3)31-22-8-6-5-7-20(22)24)25(28(34)29(32)35)27(33)21-14-18(30)9-10-23(21)36-4/h5-14,26,31,33H,1-4H3/b27-25+. The van der Waals surface area contributed by atoms with E-state index in [1.807, 2.05) is 63.2 Å². The molecule has 6 nitrogen and oxygen atoms in total. The topological polar surface area (TPSA) is 82.6 Å². The van der Waals surface area contributed by atoms with Gasteiger partial charge in [-0.2, -0.15) is 0 Å². The number of hydrogen-bond donors (Lipinski definition) is 2. The van der Waals surface area contributed by atoms with Crippen LogP contribution in [0.15, 0.2) is 66.2 Å². The van der Waals surface area contributed by atoms with E-state index < -0.39 is 29.3 Å². The number of ether oxygens (including phenoxy) is 1. The van der Waals surface area contributed by atoms with Crippen LogP contribution in [0.2, 0.25) is 0 Å². The van der Waals surface area contributed by atoms with Crippen molar-refractivity contribution in [3.05, 3.63) is 100 Å². The molecule has 5 rings (SSSR count). The second-order valence-corrected chi connectivity index (χ2v) is 9.07. The second kappa shape index (κ2) is 8.68. The molecule has 3 aromatic carbocycles. The molecule has 0 aliphatic carbocycles. The molecule has 1 saturated heterocycles. The first-order valence-corrected chi connectivity index (χ1v) is 11.5. The van der Waals surface area contributed by atoms with Crippen LogP contribution in [0.25, 0.3) is 16.7 Å². The van der Waals surface area contributed by atoms with Crippen LogP contribution in [0, 0.1) is 26.6 Å². The summed E-state index contributed by atoms with van der Waals surface area (Å²) in [7, 11) is 1.39. The van der Waals surface area contributed by atoms with Crippen LogP contribution >= 0.6 is 0 Å². The van der Waals surface area contributed by atoms with Gasteiger partial charge >= 0.3 is 0 Å². The summed E-state index contributed by atoms with van der Waals surface area (Å²) in [6.07, 6.45) is 0. The summed E-state index contributed by atoms with van der Waals surface area (Å²) in [6, 6.07) is 15.9. The van der Waals surface area contributed by atoms with Crippen LogP contribution in [0.3, 0.4) is 0 Å². The molecule has 0 radical (unpaired) electrons. The quantitative estimate of drug-likeness (QED) is 0.216. The van der Waals surface area contributed by atoms with Gasteiger partial charge in [0.05, 0.1) is 24.3 Å². The number of amides is 1. The van der Waals surface area contributed by atoms with Gasteiger partial charge in [-0.15, -0.1) is 0 Å². The van der Waals surface area contributed by atoms with E-state index in [0.717, 1.165) is 33.8 Å². The molecule has 1 unspecified atom stereocenters. The van der Waals surface area contributed by atoms with Crippen molar-refractivity contribution in [2.24, 2.45) is 0 Å². The predicted octanol–water partition coefficient (Wildman–Crippen LogP) is 5.87. The zero-order chi connectivity index (χ0) is 25.7. The normalized spacial score (nSPS) is 17.2. The number of hydrogen-bond acceptors (Lipinski definition) is 4. The summed E-state index contributed by atoms with van der Waals surface area (Å²) in [4.78, 5) is 31.9. The maximum atomic E-state index is 14.2. The number of carbonyl (C=O) groups excluding carboxylic acids is 2. The highest BCUT2D eigenvalue weighted by molar-refractivity contribution is 6.52. The maximum Gasteiger partial charge on any atom is 0.300 e. The fraction of sp³-hybridized carbons (Fsp3) is 0.172. The van der Waals surface area contributed by atoms with Crippen LogP contribution < -0.4 is 9.64 Å². The monoisotopic (exact) mass is 484 g/mol. The number of para-hydroxylation sites is 1. The van der Waals surface area contributed by atoms with Crippen molar-refractivity contribution < 1.29 is 23.8 Å². The highest BCUT2D eigenvalue weighted by Crippen LogP contribution is 2.46. The number of aromatic amines is 1. The summed E-state index contributed by atoms with van der Waals surface area (Å²) in [5, 5.41) is 12.3. The number of ketones is 1. The molecule has 0 bridgehead atoms.